The molecule has 0 amide bonds. The zero-order valence-corrected chi connectivity index (χ0v) is 9.70. The van der Waals surface area contributed by atoms with E-state index in [1.807, 2.05) is 6.92 Å². The maximum Gasteiger partial charge on any atom is 0.153 e. The SMILES string of the molecule is COC[C@H](C)Nc1cc(F)c(C=O)cc1C=O. The van der Waals surface area contributed by atoms with Crippen molar-refractivity contribution >= 4 is 18.3 Å². The monoisotopic (exact) mass is 239 g/mol. The molecule has 0 aliphatic carbocycles. The molecule has 1 aromatic carbocycles. The number of anilines is 1. The third kappa shape index (κ3) is 3.35. The van der Waals surface area contributed by atoms with Crippen LogP contribution in [0, 0.1) is 5.82 Å². The van der Waals surface area contributed by atoms with Crippen molar-refractivity contribution < 1.29 is 18.7 Å². The number of halogens is 1. The highest BCUT2D eigenvalue weighted by Gasteiger charge is 2.11. The average molecular weight is 239 g/mol. The highest BCUT2D eigenvalue weighted by molar-refractivity contribution is 5.88. The minimum atomic E-state index is -0.655. The Labute approximate surface area is 98.8 Å². The lowest BCUT2D eigenvalue weighted by atomic mass is 10.1. The second-order valence-electron chi connectivity index (χ2n) is 3.70. The molecule has 0 aliphatic heterocycles. The van der Waals surface area contributed by atoms with Crippen molar-refractivity contribution in [1.29, 1.82) is 0 Å². The van der Waals surface area contributed by atoms with E-state index in [9.17, 15) is 14.0 Å². The number of carbonyl (C=O) groups is 2. The summed E-state index contributed by atoms with van der Waals surface area (Å²) in [6, 6.07) is 2.29. The van der Waals surface area contributed by atoms with E-state index in [2.05, 4.69) is 5.32 Å². The largest absolute Gasteiger partial charge is 0.383 e. The third-order valence-corrected chi connectivity index (χ3v) is 2.24. The minimum absolute atomic E-state index is 0.0693. The van der Waals surface area contributed by atoms with Gasteiger partial charge in [0.05, 0.1) is 12.2 Å². The van der Waals surface area contributed by atoms with Gasteiger partial charge in [-0.15, -0.1) is 0 Å². The molecule has 0 radical (unpaired) electrons. The summed E-state index contributed by atoms with van der Waals surface area (Å²) in [5.41, 5.74) is 0.473. The van der Waals surface area contributed by atoms with Gasteiger partial charge in [0.2, 0.25) is 0 Å². The van der Waals surface area contributed by atoms with Gasteiger partial charge >= 0.3 is 0 Å². The highest BCUT2D eigenvalue weighted by Crippen LogP contribution is 2.19. The maximum atomic E-state index is 13.4. The Morgan fingerprint density at radius 3 is 2.53 bits per heavy atom. The quantitative estimate of drug-likeness (QED) is 0.770. The number of hydrogen-bond acceptors (Lipinski definition) is 4. The average Bonchev–Trinajstić information content (AvgIpc) is 2.29. The Morgan fingerprint density at radius 1 is 1.35 bits per heavy atom. The fourth-order valence-corrected chi connectivity index (χ4v) is 1.48. The fourth-order valence-electron chi connectivity index (χ4n) is 1.48. The molecule has 0 spiro atoms. The number of ether oxygens (including phenoxy) is 1. The van der Waals surface area contributed by atoms with E-state index in [-0.39, 0.29) is 17.2 Å². The van der Waals surface area contributed by atoms with E-state index >= 15 is 0 Å². The molecule has 17 heavy (non-hydrogen) atoms. The molecule has 1 atom stereocenters. The summed E-state index contributed by atoms with van der Waals surface area (Å²) in [5, 5.41) is 2.94. The summed E-state index contributed by atoms with van der Waals surface area (Å²) in [6.07, 6.45) is 0.957. The van der Waals surface area contributed by atoms with E-state index in [1.165, 1.54) is 6.07 Å². The van der Waals surface area contributed by atoms with Crippen LogP contribution in [0.1, 0.15) is 27.6 Å². The molecule has 0 bridgehead atoms. The molecule has 0 aliphatic rings. The Balaban J connectivity index is 3.02. The van der Waals surface area contributed by atoms with Gasteiger partial charge in [0, 0.05) is 24.4 Å². The van der Waals surface area contributed by atoms with Gasteiger partial charge in [-0.2, -0.15) is 0 Å². The van der Waals surface area contributed by atoms with Gasteiger partial charge in [0.15, 0.2) is 12.6 Å². The lowest BCUT2D eigenvalue weighted by Crippen LogP contribution is -2.21. The van der Waals surface area contributed by atoms with Crippen LogP contribution in [0.15, 0.2) is 12.1 Å². The van der Waals surface area contributed by atoms with Crippen molar-refractivity contribution in [2.75, 3.05) is 19.0 Å². The molecular weight excluding hydrogens is 225 g/mol. The number of benzene rings is 1. The number of carbonyl (C=O) groups excluding carboxylic acids is 2. The van der Waals surface area contributed by atoms with Gasteiger partial charge in [0.1, 0.15) is 5.82 Å². The molecule has 5 heteroatoms. The first-order valence-corrected chi connectivity index (χ1v) is 5.11. The minimum Gasteiger partial charge on any atom is -0.383 e. The molecule has 92 valence electrons. The van der Waals surface area contributed by atoms with Crippen molar-refractivity contribution in [3.63, 3.8) is 0 Å². The van der Waals surface area contributed by atoms with Crippen LogP contribution in [0.25, 0.3) is 0 Å². The number of hydrogen-bond donors (Lipinski definition) is 1. The fraction of sp³-hybridized carbons (Fsp3) is 0.333. The van der Waals surface area contributed by atoms with Gasteiger partial charge in [-0.1, -0.05) is 0 Å². The number of rotatable bonds is 6. The molecule has 1 N–H and O–H groups in total. The first-order valence-electron chi connectivity index (χ1n) is 5.11. The third-order valence-electron chi connectivity index (χ3n) is 2.24. The smallest absolute Gasteiger partial charge is 0.153 e. The molecule has 0 unspecified atom stereocenters. The van der Waals surface area contributed by atoms with Crippen molar-refractivity contribution in [2.24, 2.45) is 0 Å². The molecule has 0 fully saturated rings. The van der Waals surface area contributed by atoms with Crippen LogP contribution >= 0.6 is 0 Å². The molecule has 0 saturated carbocycles. The van der Waals surface area contributed by atoms with Crippen LogP contribution in [0.5, 0.6) is 0 Å². The molecule has 1 aromatic rings. The summed E-state index contributed by atoms with van der Waals surface area (Å²) in [5.74, 6) is -0.655. The zero-order valence-electron chi connectivity index (χ0n) is 9.70. The van der Waals surface area contributed by atoms with Crippen LogP contribution in [0.3, 0.4) is 0 Å². The Hall–Kier alpha value is -1.75. The Bertz CT molecular complexity index is 420. The van der Waals surface area contributed by atoms with Crippen molar-refractivity contribution in [1.82, 2.24) is 0 Å². The van der Waals surface area contributed by atoms with E-state index in [1.54, 1.807) is 7.11 Å². The second kappa shape index (κ2) is 6.10. The van der Waals surface area contributed by atoms with E-state index in [0.717, 1.165) is 6.07 Å². The topological polar surface area (TPSA) is 55.4 Å². The molecule has 0 saturated heterocycles. The second-order valence-corrected chi connectivity index (χ2v) is 3.70. The Morgan fingerprint density at radius 2 is 2.00 bits per heavy atom. The summed E-state index contributed by atoms with van der Waals surface area (Å²) in [4.78, 5) is 21.4. The number of nitrogens with one attached hydrogen (secondary N) is 1. The summed E-state index contributed by atoms with van der Waals surface area (Å²) < 4.78 is 18.3. The van der Waals surface area contributed by atoms with Gasteiger partial charge in [-0.05, 0) is 19.1 Å². The first kappa shape index (κ1) is 13.3. The van der Waals surface area contributed by atoms with Gasteiger partial charge in [-0.25, -0.2) is 4.39 Å². The van der Waals surface area contributed by atoms with Gasteiger partial charge < -0.3 is 10.1 Å². The van der Waals surface area contributed by atoms with Gasteiger partial charge in [0.25, 0.3) is 0 Å². The number of methoxy groups -OCH3 is 1. The zero-order chi connectivity index (χ0) is 12.8. The van der Waals surface area contributed by atoms with Crippen LogP contribution in [0.4, 0.5) is 10.1 Å². The lowest BCUT2D eigenvalue weighted by Gasteiger charge is -2.16. The van der Waals surface area contributed by atoms with E-state index in [0.29, 0.717) is 24.9 Å². The van der Waals surface area contributed by atoms with Crippen LogP contribution in [-0.2, 0) is 4.74 Å². The molecule has 4 nitrogen and oxygen atoms in total. The van der Waals surface area contributed by atoms with Crippen LogP contribution < -0.4 is 5.32 Å². The first-order chi connectivity index (χ1) is 8.12. The highest BCUT2D eigenvalue weighted by atomic mass is 19.1. The van der Waals surface area contributed by atoms with Gasteiger partial charge in [-0.3, -0.25) is 9.59 Å². The number of aldehydes is 2. The molecular formula is C12H14FNO3. The Kier molecular flexibility index (Phi) is 4.78. The van der Waals surface area contributed by atoms with E-state index in [4.69, 9.17) is 4.74 Å². The molecule has 0 heterocycles. The van der Waals surface area contributed by atoms with E-state index < -0.39 is 5.82 Å². The standard InChI is InChI=1S/C12H14FNO3/c1-8(7-17-2)14-12-4-11(13)9(5-15)3-10(12)6-16/h3-6,8,14H,7H2,1-2H3/t8-/m0/s1. The summed E-state index contributed by atoms with van der Waals surface area (Å²) in [6.45, 7) is 2.26. The predicted octanol–water partition coefficient (Wildman–Crippen LogP) is 1.90. The lowest BCUT2D eigenvalue weighted by molar-refractivity contribution is 0.111. The van der Waals surface area contributed by atoms with Crippen molar-refractivity contribution in [3.8, 4) is 0 Å². The van der Waals surface area contributed by atoms with Crippen molar-refractivity contribution in [2.45, 2.75) is 13.0 Å². The normalized spacial score (nSPS) is 11.9. The van der Waals surface area contributed by atoms with Crippen LogP contribution in [-0.4, -0.2) is 32.3 Å². The van der Waals surface area contributed by atoms with Crippen molar-refractivity contribution in [3.05, 3.63) is 29.1 Å². The summed E-state index contributed by atoms with van der Waals surface area (Å²) in [7, 11) is 1.55. The molecule has 1 rings (SSSR count). The maximum absolute atomic E-state index is 13.4. The molecule has 0 aromatic heterocycles. The van der Waals surface area contributed by atoms with Crippen LogP contribution in [0.2, 0.25) is 0 Å². The summed E-state index contributed by atoms with van der Waals surface area (Å²) >= 11 is 0. The predicted molar refractivity (Wildman–Crippen MR) is 62.1 cm³/mol.